The molecular weight excluding hydrogens is 226 g/mol. The minimum Gasteiger partial charge on any atom is -0.391 e. The summed E-state index contributed by atoms with van der Waals surface area (Å²) in [6, 6.07) is 7.61. The SMILES string of the molecule is CCCC(O)CNC(=O)c1ccc(C(C)C)cc1. The molecule has 0 aliphatic carbocycles. The largest absolute Gasteiger partial charge is 0.391 e. The molecule has 0 heterocycles. The van der Waals surface area contributed by atoms with E-state index in [0.29, 0.717) is 24.4 Å². The van der Waals surface area contributed by atoms with Gasteiger partial charge in [0.25, 0.3) is 5.91 Å². The molecule has 0 aliphatic rings. The van der Waals surface area contributed by atoms with Gasteiger partial charge in [-0.25, -0.2) is 0 Å². The molecule has 18 heavy (non-hydrogen) atoms. The zero-order valence-corrected chi connectivity index (χ0v) is 11.4. The maximum Gasteiger partial charge on any atom is 0.251 e. The van der Waals surface area contributed by atoms with Gasteiger partial charge in [0.05, 0.1) is 6.10 Å². The molecule has 0 saturated carbocycles. The number of aliphatic hydroxyl groups excluding tert-OH is 1. The van der Waals surface area contributed by atoms with Gasteiger partial charge in [0.15, 0.2) is 0 Å². The molecule has 3 nitrogen and oxygen atoms in total. The third-order valence-corrected chi connectivity index (χ3v) is 2.96. The number of hydrogen-bond donors (Lipinski definition) is 2. The Morgan fingerprint density at radius 2 is 1.89 bits per heavy atom. The van der Waals surface area contributed by atoms with Crippen LogP contribution in [0.4, 0.5) is 0 Å². The van der Waals surface area contributed by atoms with Gasteiger partial charge in [-0.15, -0.1) is 0 Å². The van der Waals surface area contributed by atoms with E-state index in [-0.39, 0.29) is 5.91 Å². The van der Waals surface area contributed by atoms with Crippen LogP contribution in [0.1, 0.15) is 55.5 Å². The summed E-state index contributed by atoms with van der Waals surface area (Å²) in [5.74, 6) is 0.342. The summed E-state index contributed by atoms with van der Waals surface area (Å²) < 4.78 is 0. The van der Waals surface area contributed by atoms with Gasteiger partial charge >= 0.3 is 0 Å². The fraction of sp³-hybridized carbons (Fsp3) is 0.533. The fourth-order valence-electron chi connectivity index (χ4n) is 1.77. The third-order valence-electron chi connectivity index (χ3n) is 2.96. The first-order chi connectivity index (χ1) is 8.54. The highest BCUT2D eigenvalue weighted by Gasteiger charge is 2.08. The Labute approximate surface area is 109 Å². The Hall–Kier alpha value is -1.35. The number of hydrogen-bond acceptors (Lipinski definition) is 2. The van der Waals surface area contributed by atoms with E-state index in [1.807, 2.05) is 31.2 Å². The van der Waals surface area contributed by atoms with Crippen LogP contribution in [-0.4, -0.2) is 23.7 Å². The van der Waals surface area contributed by atoms with Crippen LogP contribution in [0.3, 0.4) is 0 Å². The van der Waals surface area contributed by atoms with Crippen molar-refractivity contribution in [3.63, 3.8) is 0 Å². The summed E-state index contributed by atoms with van der Waals surface area (Å²) in [4.78, 5) is 11.8. The summed E-state index contributed by atoms with van der Waals surface area (Å²) in [7, 11) is 0. The predicted octanol–water partition coefficient (Wildman–Crippen LogP) is 2.70. The highest BCUT2D eigenvalue weighted by atomic mass is 16.3. The van der Waals surface area contributed by atoms with Crippen LogP contribution in [-0.2, 0) is 0 Å². The summed E-state index contributed by atoms with van der Waals surface area (Å²) in [6.45, 7) is 6.57. The molecule has 1 rings (SSSR count). The van der Waals surface area contributed by atoms with Gasteiger partial charge in [0.1, 0.15) is 0 Å². The number of rotatable bonds is 6. The Balaban J connectivity index is 2.51. The number of amides is 1. The highest BCUT2D eigenvalue weighted by molar-refractivity contribution is 5.94. The second-order valence-electron chi connectivity index (χ2n) is 4.93. The standard InChI is InChI=1S/C15H23NO2/c1-4-5-14(17)10-16-15(18)13-8-6-12(7-9-13)11(2)3/h6-9,11,14,17H,4-5,10H2,1-3H3,(H,16,18). The molecule has 3 heteroatoms. The minimum atomic E-state index is -0.450. The quantitative estimate of drug-likeness (QED) is 0.814. The van der Waals surface area contributed by atoms with Gasteiger partial charge in [0.2, 0.25) is 0 Å². The molecule has 0 aromatic heterocycles. The average Bonchev–Trinajstić information content (AvgIpc) is 2.36. The first-order valence-corrected chi connectivity index (χ1v) is 6.60. The lowest BCUT2D eigenvalue weighted by Gasteiger charge is -2.11. The maximum absolute atomic E-state index is 11.8. The Bertz CT molecular complexity index is 371. The highest BCUT2D eigenvalue weighted by Crippen LogP contribution is 2.14. The van der Waals surface area contributed by atoms with Crippen LogP contribution in [0.15, 0.2) is 24.3 Å². The van der Waals surface area contributed by atoms with Crippen LogP contribution < -0.4 is 5.32 Å². The molecule has 1 amide bonds. The van der Waals surface area contributed by atoms with Crippen molar-refractivity contribution < 1.29 is 9.90 Å². The molecule has 0 bridgehead atoms. The van der Waals surface area contributed by atoms with E-state index in [9.17, 15) is 9.90 Å². The Kier molecular flexibility index (Phi) is 5.86. The van der Waals surface area contributed by atoms with Crippen LogP contribution in [0.5, 0.6) is 0 Å². The molecule has 1 unspecified atom stereocenters. The van der Waals surface area contributed by atoms with E-state index < -0.39 is 6.10 Å². The molecule has 0 aliphatic heterocycles. The Morgan fingerprint density at radius 1 is 1.28 bits per heavy atom. The van der Waals surface area contributed by atoms with Crippen molar-refractivity contribution in [3.8, 4) is 0 Å². The van der Waals surface area contributed by atoms with Crippen LogP contribution >= 0.6 is 0 Å². The molecular formula is C15H23NO2. The van der Waals surface area contributed by atoms with E-state index in [1.54, 1.807) is 0 Å². The molecule has 100 valence electrons. The zero-order chi connectivity index (χ0) is 13.5. The number of nitrogens with one attached hydrogen (secondary N) is 1. The Morgan fingerprint density at radius 3 is 2.39 bits per heavy atom. The van der Waals surface area contributed by atoms with Crippen molar-refractivity contribution in [2.24, 2.45) is 0 Å². The second kappa shape index (κ2) is 7.17. The summed E-state index contributed by atoms with van der Waals surface area (Å²) >= 11 is 0. The van der Waals surface area contributed by atoms with Crippen molar-refractivity contribution >= 4 is 5.91 Å². The van der Waals surface area contributed by atoms with Gasteiger partial charge < -0.3 is 10.4 Å². The van der Waals surface area contributed by atoms with Gasteiger partial charge in [-0.2, -0.15) is 0 Å². The summed E-state index contributed by atoms with van der Waals surface area (Å²) in [6.07, 6.45) is 1.18. The van der Waals surface area contributed by atoms with Crippen LogP contribution in [0.2, 0.25) is 0 Å². The zero-order valence-electron chi connectivity index (χ0n) is 11.4. The summed E-state index contributed by atoms with van der Waals surface area (Å²) in [5, 5.41) is 12.3. The number of benzene rings is 1. The van der Waals surface area contributed by atoms with E-state index in [2.05, 4.69) is 19.2 Å². The van der Waals surface area contributed by atoms with Gasteiger partial charge in [-0.1, -0.05) is 39.3 Å². The molecule has 1 aromatic rings. The second-order valence-corrected chi connectivity index (χ2v) is 4.93. The molecule has 1 aromatic carbocycles. The molecule has 0 radical (unpaired) electrons. The normalized spacial score (nSPS) is 12.5. The maximum atomic E-state index is 11.8. The van der Waals surface area contributed by atoms with E-state index in [0.717, 1.165) is 6.42 Å². The lowest BCUT2D eigenvalue weighted by Crippen LogP contribution is -2.31. The molecule has 2 N–H and O–H groups in total. The van der Waals surface area contributed by atoms with Gasteiger partial charge in [-0.3, -0.25) is 4.79 Å². The molecule has 0 fully saturated rings. The van der Waals surface area contributed by atoms with Crippen molar-refractivity contribution in [1.29, 1.82) is 0 Å². The van der Waals surface area contributed by atoms with E-state index in [1.165, 1.54) is 5.56 Å². The molecule has 0 saturated heterocycles. The smallest absolute Gasteiger partial charge is 0.251 e. The van der Waals surface area contributed by atoms with Crippen molar-refractivity contribution in [3.05, 3.63) is 35.4 Å². The van der Waals surface area contributed by atoms with Crippen molar-refractivity contribution in [1.82, 2.24) is 5.32 Å². The summed E-state index contributed by atoms with van der Waals surface area (Å²) in [5.41, 5.74) is 1.86. The van der Waals surface area contributed by atoms with Crippen molar-refractivity contribution in [2.75, 3.05) is 6.54 Å². The topological polar surface area (TPSA) is 49.3 Å². The average molecular weight is 249 g/mol. The number of carbonyl (C=O) groups is 1. The van der Waals surface area contributed by atoms with E-state index in [4.69, 9.17) is 0 Å². The number of carbonyl (C=O) groups excluding carboxylic acids is 1. The lowest BCUT2D eigenvalue weighted by atomic mass is 10.0. The van der Waals surface area contributed by atoms with E-state index >= 15 is 0 Å². The fourth-order valence-corrected chi connectivity index (χ4v) is 1.77. The minimum absolute atomic E-state index is 0.125. The molecule has 1 atom stereocenters. The molecule has 0 spiro atoms. The first-order valence-electron chi connectivity index (χ1n) is 6.60. The third kappa shape index (κ3) is 4.49. The van der Waals surface area contributed by atoms with Gasteiger partial charge in [-0.05, 0) is 30.0 Å². The monoisotopic (exact) mass is 249 g/mol. The lowest BCUT2D eigenvalue weighted by molar-refractivity contribution is 0.0910. The van der Waals surface area contributed by atoms with Crippen LogP contribution in [0, 0.1) is 0 Å². The predicted molar refractivity (Wildman–Crippen MR) is 73.8 cm³/mol. The number of aliphatic hydroxyl groups is 1. The van der Waals surface area contributed by atoms with Crippen molar-refractivity contribution in [2.45, 2.75) is 45.6 Å². The van der Waals surface area contributed by atoms with Gasteiger partial charge in [0, 0.05) is 12.1 Å². The first kappa shape index (κ1) is 14.7. The van der Waals surface area contributed by atoms with Crippen LogP contribution in [0.25, 0.3) is 0 Å².